The summed E-state index contributed by atoms with van der Waals surface area (Å²) in [7, 11) is 1.66. The summed E-state index contributed by atoms with van der Waals surface area (Å²) < 4.78 is 5.30. The normalized spacial score (nSPS) is 18.6. The molecule has 4 nitrogen and oxygen atoms in total. The first-order chi connectivity index (χ1) is 10.0. The van der Waals surface area contributed by atoms with Crippen LogP contribution in [0.25, 0.3) is 16.8 Å². The number of amides is 1. The summed E-state index contributed by atoms with van der Waals surface area (Å²) in [4.78, 5) is 11.8. The summed E-state index contributed by atoms with van der Waals surface area (Å²) in [5.74, 6) is 0.799. The van der Waals surface area contributed by atoms with Crippen LogP contribution in [0.5, 0.6) is 5.75 Å². The van der Waals surface area contributed by atoms with Crippen molar-refractivity contribution in [3.05, 3.63) is 47.7 Å². The topological polar surface area (TPSA) is 50.4 Å². The minimum Gasteiger partial charge on any atom is -0.497 e. The first kappa shape index (κ1) is 13.5. The smallest absolute Gasteiger partial charge is 0.249 e. The van der Waals surface area contributed by atoms with Crippen molar-refractivity contribution in [2.75, 3.05) is 7.11 Å². The molecule has 1 heterocycles. The molecule has 1 aliphatic rings. The Morgan fingerprint density at radius 1 is 1.14 bits per heavy atom. The van der Waals surface area contributed by atoms with Gasteiger partial charge in [-0.15, -0.1) is 0 Å². The number of rotatable bonds is 2. The van der Waals surface area contributed by atoms with Crippen LogP contribution in [0, 0.1) is 5.41 Å². The van der Waals surface area contributed by atoms with E-state index in [1.165, 1.54) is 0 Å². The molecule has 2 N–H and O–H groups in total. The number of nitrogens with one attached hydrogen (secondary N) is 2. The van der Waals surface area contributed by atoms with Crippen LogP contribution in [0.1, 0.15) is 19.4 Å². The zero-order chi connectivity index (χ0) is 15.0. The number of benzene rings is 2. The lowest BCUT2D eigenvalue weighted by molar-refractivity contribution is -0.125. The SMILES string of the molecule is COc1ccc2cccc(/C=C3\NNC(=O)C3(C)C)c2c1. The molecule has 0 aliphatic carbocycles. The molecule has 1 saturated heterocycles. The third kappa shape index (κ3) is 2.23. The minimum atomic E-state index is -0.555. The summed E-state index contributed by atoms with van der Waals surface area (Å²) in [6.07, 6.45) is 2.01. The van der Waals surface area contributed by atoms with Crippen LogP contribution in [0.15, 0.2) is 42.1 Å². The van der Waals surface area contributed by atoms with E-state index in [0.717, 1.165) is 27.8 Å². The van der Waals surface area contributed by atoms with E-state index in [0.29, 0.717) is 0 Å². The van der Waals surface area contributed by atoms with Crippen LogP contribution in [0.2, 0.25) is 0 Å². The lowest BCUT2D eigenvalue weighted by Crippen LogP contribution is -2.28. The van der Waals surface area contributed by atoms with Gasteiger partial charge < -0.3 is 10.2 Å². The lowest BCUT2D eigenvalue weighted by atomic mass is 9.88. The van der Waals surface area contributed by atoms with Crippen LogP contribution in [0.3, 0.4) is 0 Å². The highest BCUT2D eigenvalue weighted by Crippen LogP contribution is 2.32. The summed E-state index contributed by atoms with van der Waals surface area (Å²) in [5, 5.41) is 2.24. The molecular formula is C17H18N2O2. The van der Waals surface area contributed by atoms with Crippen LogP contribution in [-0.4, -0.2) is 13.0 Å². The number of methoxy groups -OCH3 is 1. The second-order valence-corrected chi connectivity index (χ2v) is 5.70. The van der Waals surface area contributed by atoms with Crippen LogP contribution in [0.4, 0.5) is 0 Å². The predicted octanol–water partition coefficient (Wildman–Crippen LogP) is 2.85. The molecule has 0 atom stereocenters. The Morgan fingerprint density at radius 2 is 1.95 bits per heavy atom. The zero-order valence-corrected chi connectivity index (χ0v) is 12.4. The van der Waals surface area contributed by atoms with E-state index in [4.69, 9.17) is 4.74 Å². The number of ether oxygens (including phenoxy) is 1. The second-order valence-electron chi connectivity index (χ2n) is 5.70. The average Bonchev–Trinajstić information content (AvgIpc) is 2.74. The van der Waals surface area contributed by atoms with Crippen LogP contribution in [-0.2, 0) is 4.79 Å². The number of carbonyl (C=O) groups is 1. The first-order valence-corrected chi connectivity index (χ1v) is 6.88. The minimum absolute atomic E-state index is 0.0217. The maximum absolute atomic E-state index is 11.8. The molecule has 0 spiro atoms. The maximum atomic E-state index is 11.8. The molecule has 0 bridgehead atoms. The number of hydrogen-bond acceptors (Lipinski definition) is 3. The van der Waals surface area contributed by atoms with Crippen molar-refractivity contribution in [3.63, 3.8) is 0 Å². The van der Waals surface area contributed by atoms with Gasteiger partial charge in [-0.05, 0) is 48.4 Å². The highest BCUT2D eigenvalue weighted by Gasteiger charge is 2.37. The van der Waals surface area contributed by atoms with Gasteiger partial charge in [0.1, 0.15) is 5.75 Å². The predicted molar refractivity (Wildman–Crippen MR) is 83.5 cm³/mol. The van der Waals surface area contributed by atoms with Crippen molar-refractivity contribution in [2.24, 2.45) is 5.41 Å². The van der Waals surface area contributed by atoms with Gasteiger partial charge in [-0.25, -0.2) is 0 Å². The van der Waals surface area contributed by atoms with Gasteiger partial charge in [0.15, 0.2) is 0 Å². The van der Waals surface area contributed by atoms with E-state index in [9.17, 15) is 4.79 Å². The Bertz CT molecular complexity index is 748. The highest BCUT2D eigenvalue weighted by atomic mass is 16.5. The Morgan fingerprint density at radius 3 is 2.62 bits per heavy atom. The van der Waals surface area contributed by atoms with Gasteiger partial charge in [0, 0.05) is 5.70 Å². The molecule has 0 saturated carbocycles. The molecule has 1 amide bonds. The summed E-state index contributed by atoms with van der Waals surface area (Å²) in [5.41, 5.74) is 7.00. The molecule has 0 aromatic heterocycles. The highest BCUT2D eigenvalue weighted by molar-refractivity contribution is 5.94. The molecule has 1 aliphatic heterocycles. The summed E-state index contributed by atoms with van der Waals surface area (Å²) in [6.45, 7) is 3.81. The molecule has 21 heavy (non-hydrogen) atoms. The van der Waals surface area contributed by atoms with Gasteiger partial charge in [-0.1, -0.05) is 24.3 Å². The number of fused-ring (bicyclic) bond motifs is 1. The molecule has 2 aromatic rings. The molecule has 4 heteroatoms. The fraction of sp³-hybridized carbons (Fsp3) is 0.235. The Labute approximate surface area is 123 Å². The summed E-state index contributed by atoms with van der Waals surface area (Å²) in [6, 6.07) is 12.1. The van der Waals surface area contributed by atoms with Gasteiger partial charge in [0.05, 0.1) is 12.5 Å². The standard InChI is InChI=1S/C17H18N2O2/c1-17(2)15(18-19-16(17)20)9-12-6-4-5-11-7-8-13(21-3)10-14(11)12/h4-10,18H,1-3H3,(H,19,20)/b15-9-. The van der Waals surface area contributed by atoms with E-state index in [-0.39, 0.29) is 5.91 Å². The van der Waals surface area contributed by atoms with Crippen molar-refractivity contribution in [1.82, 2.24) is 10.9 Å². The third-order valence-corrected chi connectivity index (χ3v) is 3.97. The van der Waals surface area contributed by atoms with Crippen molar-refractivity contribution < 1.29 is 9.53 Å². The van der Waals surface area contributed by atoms with Crippen molar-refractivity contribution in [3.8, 4) is 5.75 Å². The molecule has 108 valence electrons. The third-order valence-electron chi connectivity index (χ3n) is 3.97. The fourth-order valence-corrected chi connectivity index (χ4v) is 2.46. The largest absolute Gasteiger partial charge is 0.497 e. The van der Waals surface area contributed by atoms with E-state index >= 15 is 0 Å². The van der Waals surface area contributed by atoms with E-state index in [1.54, 1.807) is 7.11 Å². The molecule has 0 unspecified atom stereocenters. The Kier molecular flexibility index (Phi) is 3.09. The fourth-order valence-electron chi connectivity index (χ4n) is 2.46. The van der Waals surface area contributed by atoms with Gasteiger partial charge in [-0.2, -0.15) is 0 Å². The van der Waals surface area contributed by atoms with Crippen molar-refractivity contribution in [2.45, 2.75) is 13.8 Å². The average molecular weight is 282 g/mol. The van der Waals surface area contributed by atoms with E-state index < -0.39 is 5.41 Å². The molecular weight excluding hydrogens is 264 g/mol. The lowest BCUT2D eigenvalue weighted by Gasteiger charge is -2.15. The van der Waals surface area contributed by atoms with E-state index in [1.807, 2.05) is 50.3 Å². The molecule has 3 rings (SSSR count). The Hall–Kier alpha value is -2.49. The number of hydrazine groups is 1. The van der Waals surface area contributed by atoms with Gasteiger partial charge in [0.25, 0.3) is 0 Å². The Balaban J connectivity index is 2.15. The quantitative estimate of drug-likeness (QED) is 0.890. The van der Waals surface area contributed by atoms with Crippen LogP contribution < -0.4 is 15.6 Å². The number of hydrogen-bond donors (Lipinski definition) is 2. The van der Waals surface area contributed by atoms with Crippen molar-refractivity contribution >= 4 is 22.8 Å². The van der Waals surface area contributed by atoms with Gasteiger partial charge in [-0.3, -0.25) is 10.2 Å². The number of carbonyl (C=O) groups excluding carboxylic acids is 1. The van der Waals surface area contributed by atoms with Gasteiger partial charge in [0.2, 0.25) is 5.91 Å². The zero-order valence-electron chi connectivity index (χ0n) is 12.4. The molecule has 0 radical (unpaired) electrons. The van der Waals surface area contributed by atoms with Crippen LogP contribution >= 0.6 is 0 Å². The maximum Gasteiger partial charge on any atom is 0.249 e. The molecule has 1 fully saturated rings. The van der Waals surface area contributed by atoms with E-state index in [2.05, 4.69) is 16.9 Å². The molecule has 2 aromatic carbocycles. The van der Waals surface area contributed by atoms with Crippen molar-refractivity contribution in [1.29, 1.82) is 0 Å². The second kappa shape index (κ2) is 4.81. The summed E-state index contributed by atoms with van der Waals surface area (Å²) >= 11 is 0. The van der Waals surface area contributed by atoms with Gasteiger partial charge >= 0.3 is 0 Å². The monoisotopic (exact) mass is 282 g/mol. The first-order valence-electron chi connectivity index (χ1n) is 6.88.